The van der Waals surface area contributed by atoms with E-state index in [-0.39, 0.29) is 17.6 Å². The zero-order valence-electron chi connectivity index (χ0n) is 24.8. The van der Waals surface area contributed by atoms with Crippen LogP contribution < -0.4 is 10.1 Å². The number of nitrogens with one attached hydrogen (secondary N) is 1. The summed E-state index contributed by atoms with van der Waals surface area (Å²) in [4.78, 5) is 41.4. The van der Waals surface area contributed by atoms with Crippen molar-refractivity contribution in [3.8, 4) is 5.75 Å². The average Bonchev–Trinajstić information content (AvgIpc) is 3.04. The molecular weight excluding hydrogens is 540 g/mol. The molecule has 0 bridgehead atoms. The minimum Gasteiger partial charge on any atom is -0.489 e. The standard InChI is InChI=1S/C36H40N2O5/c1-37-31-17-12-26(13-18-31)14-19-32(39)22-27-8-10-29(11-9-27)24-35(40)38-34(36(41)42-2)23-28-15-20-33(21-16-28)43-25-30-6-4-3-5-7-30/h3-7,12-13,15-18,20-21,27,29,34H,8-11,14,19,22-25H2,2H3,(H,38,40)/t27?,29?,34-/m0/s1. The fraction of sp³-hybridized carbons (Fsp3) is 0.389. The summed E-state index contributed by atoms with van der Waals surface area (Å²) in [6, 6.07) is 24.1. The minimum atomic E-state index is -0.764. The number of methoxy groups -OCH3 is 1. The van der Waals surface area contributed by atoms with Gasteiger partial charge in [0.15, 0.2) is 5.69 Å². The number of hydrogen-bond donors (Lipinski definition) is 1. The first-order valence-electron chi connectivity index (χ1n) is 15.0. The third-order valence-corrected chi connectivity index (χ3v) is 8.15. The highest BCUT2D eigenvalue weighted by Crippen LogP contribution is 2.33. The normalized spacial score (nSPS) is 16.8. The van der Waals surface area contributed by atoms with Crippen molar-refractivity contribution >= 4 is 23.3 Å². The Morgan fingerprint density at radius 3 is 2.09 bits per heavy atom. The molecule has 3 aromatic carbocycles. The van der Waals surface area contributed by atoms with Gasteiger partial charge in [-0.05, 0) is 67.2 Å². The third-order valence-electron chi connectivity index (χ3n) is 8.15. The van der Waals surface area contributed by atoms with Gasteiger partial charge in [-0.25, -0.2) is 9.64 Å². The summed E-state index contributed by atoms with van der Waals surface area (Å²) in [5, 5.41) is 2.89. The lowest BCUT2D eigenvalue weighted by Crippen LogP contribution is -2.43. The molecule has 4 rings (SSSR count). The van der Waals surface area contributed by atoms with Crippen LogP contribution in [0.5, 0.6) is 5.75 Å². The smallest absolute Gasteiger partial charge is 0.328 e. The number of carbonyl (C=O) groups excluding carboxylic acids is 3. The minimum absolute atomic E-state index is 0.151. The van der Waals surface area contributed by atoms with Crippen LogP contribution in [0.1, 0.15) is 61.6 Å². The largest absolute Gasteiger partial charge is 0.489 e. The Kier molecular flexibility index (Phi) is 11.9. The van der Waals surface area contributed by atoms with Crippen molar-refractivity contribution in [2.75, 3.05) is 7.11 Å². The molecule has 43 heavy (non-hydrogen) atoms. The number of aryl methyl sites for hydroxylation is 1. The Bertz CT molecular complexity index is 1370. The lowest BCUT2D eigenvalue weighted by Gasteiger charge is -2.28. The number of benzene rings is 3. The SMILES string of the molecule is [C-]#[N+]c1ccc(CCC(=O)CC2CCC(CC(=O)N[C@@H](Cc3ccc(OCc4ccccc4)cc3)C(=O)OC)CC2)cc1. The lowest BCUT2D eigenvalue weighted by molar-refractivity contribution is -0.145. The average molecular weight is 581 g/mol. The van der Waals surface area contributed by atoms with Gasteiger partial charge in [0, 0.05) is 25.7 Å². The van der Waals surface area contributed by atoms with Crippen molar-refractivity contribution in [2.45, 2.75) is 70.4 Å². The molecular formula is C36H40N2O5. The molecule has 0 heterocycles. The molecule has 1 atom stereocenters. The molecule has 0 aromatic heterocycles. The van der Waals surface area contributed by atoms with Crippen molar-refractivity contribution in [1.82, 2.24) is 5.32 Å². The first-order chi connectivity index (χ1) is 20.9. The number of esters is 1. The number of rotatable bonds is 14. The second kappa shape index (κ2) is 16.3. The number of amides is 1. The van der Waals surface area contributed by atoms with Gasteiger partial charge < -0.3 is 14.8 Å². The Hall–Kier alpha value is -4.44. The van der Waals surface area contributed by atoms with Gasteiger partial charge in [0.25, 0.3) is 0 Å². The maximum Gasteiger partial charge on any atom is 0.328 e. The zero-order valence-corrected chi connectivity index (χ0v) is 24.8. The van der Waals surface area contributed by atoms with Crippen LogP contribution in [0.4, 0.5) is 5.69 Å². The zero-order chi connectivity index (χ0) is 30.4. The van der Waals surface area contributed by atoms with E-state index in [2.05, 4.69) is 10.2 Å². The molecule has 1 fully saturated rings. The van der Waals surface area contributed by atoms with E-state index in [9.17, 15) is 14.4 Å². The van der Waals surface area contributed by atoms with E-state index in [1.165, 1.54) is 7.11 Å². The van der Waals surface area contributed by atoms with Crippen LogP contribution in [0.25, 0.3) is 4.85 Å². The highest BCUT2D eigenvalue weighted by molar-refractivity contribution is 5.84. The number of ketones is 1. The summed E-state index contributed by atoms with van der Waals surface area (Å²) in [6.45, 7) is 7.51. The number of hydrogen-bond acceptors (Lipinski definition) is 5. The van der Waals surface area contributed by atoms with E-state index in [1.54, 1.807) is 12.1 Å². The summed E-state index contributed by atoms with van der Waals surface area (Å²) >= 11 is 0. The van der Waals surface area contributed by atoms with Crippen LogP contribution >= 0.6 is 0 Å². The summed E-state index contributed by atoms with van der Waals surface area (Å²) in [5.41, 5.74) is 3.66. The van der Waals surface area contributed by atoms with Gasteiger partial charge in [-0.3, -0.25) is 9.59 Å². The Morgan fingerprint density at radius 1 is 0.837 bits per heavy atom. The van der Waals surface area contributed by atoms with Crippen molar-refractivity contribution < 1.29 is 23.9 Å². The molecule has 7 nitrogen and oxygen atoms in total. The summed E-state index contributed by atoms with van der Waals surface area (Å²) < 4.78 is 10.8. The van der Waals surface area contributed by atoms with Gasteiger partial charge in [-0.15, -0.1) is 0 Å². The van der Waals surface area contributed by atoms with Crippen LogP contribution in [-0.4, -0.2) is 30.8 Å². The predicted octanol–water partition coefficient (Wildman–Crippen LogP) is 6.81. The van der Waals surface area contributed by atoms with Crippen molar-refractivity contribution in [2.24, 2.45) is 11.8 Å². The van der Waals surface area contributed by atoms with Gasteiger partial charge in [0.2, 0.25) is 5.91 Å². The van der Waals surface area contributed by atoms with Crippen LogP contribution in [-0.2, 0) is 38.6 Å². The molecule has 1 aliphatic rings. The molecule has 0 unspecified atom stereocenters. The molecule has 0 spiro atoms. The molecule has 7 heteroatoms. The third kappa shape index (κ3) is 10.4. The molecule has 1 amide bonds. The number of carbonyl (C=O) groups is 3. The van der Waals surface area contributed by atoms with E-state index in [4.69, 9.17) is 16.0 Å². The first kappa shape index (κ1) is 31.5. The second-order valence-corrected chi connectivity index (χ2v) is 11.4. The molecule has 1 aliphatic carbocycles. The van der Waals surface area contributed by atoms with E-state index >= 15 is 0 Å². The van der Waals surface area contributed by atoms with E-state index < -0.39 is 12.0 Å². The Balaban J connectivity index is 1.17. The van der Waals surface area contributed by atoms with Gasteiger partial charge in [-0.2, -0.15) is 0 Å². The van der Waals surface area contributed by atoms with Crippen molar-refractivity contribution in [3.63, 3.8) is 0 Å². The molecule has 1 saturated carbocycles. The molecule has 0 saturated heterocycles. The van der Waals surface area contributed by atoms with Crippen molar-refractivity contribution in [3.05, 3.63) is 107 Å². The quantitative estimate of drug-likeness (QED) is 0.167. The van der Waals surface area contributed by atoms with E-state index in [1.807, 2.05) is 66.7 Å². The maximum atomic E-state index is 12.9. The van der Waals surface area contributed by atoms with Gasteiger partial charge in [0.1, 0.15) is 24.2 Å². The van der Waals surface area contributed by atoms with E-state index in [0.717, 1.165) is 48.1 Å². The monoisotopic (exact) mass is 580 g/mol. The predicted molar refractivity (Wildman–Crippen MR) is 166 cm³/mol. The van der Waals surface area contributed by atoms with Crippen LogP contribution in [0.2, 0.25) is 0 Å². The summed E-state index contributed by atoms with van der Waals surface area (Å²) in [6.07, 6.45) is 6.15. The fourth-order valence-corrected chi connectivity index (χ4v) is 5.63. The first-order valence-corrected chi connectivity index (χ1v) is 15.0. The molecule has 1 N–H and O–H groups in total. The van der Waals surface area contributed by atoms with Gasteiger partial charge >= 0.3 is 5.97 Å². The fourth-order valence-electron chi connectivity index (χ4n) is 5.63. The Morgan fingerprint density at radius 2 is 1.47 bits per heavy atom. The van der Waals surface area contributed by atoms with Crippen LogP contribution in [0.15, 0.2) is 78.9 Å². The maximum absolute atomic E-state index is 12.9. The van der Waals surface area contributed by atoms with E-state index in [0.29, 0.717) is 50.3 Å². The Labute approximate surface area is 254 Å². The highest BCUT2D eigenvalue weighted by Gasteiger charge is 2.27. The van der Waals surface area contributed by atoms with Crippen molar-refractivity contribution in [1.29, 1.82) is 0 Å². The number of nitrogens with zero attached hydrogens (tertiary/aromatic N) is 1. The number of ether oxygens (including phenoxy) is 2. The molecule has 0 aliphatic heterocycles. The van der Waals surface area contributed by atoms with Gasteiger partial charge in [0.05, 0.1) is 13.7 Å². The molecule has 0 radical (unpaired) electrons. The number of Topliss-reactive ketones (excluding diaryl/α,β-unsaturated/α-hetero) is 1. The summed E-state index contributed by atoms with van der Waals surface area (Å²) in [7, 11) is 1.33. The molecule has 224 valence electrons. The topological polar surface area (TPSA) is 86.1 Å². The van der Waals surface area contributed by atoms with Crippen LogP contribution in [0.3, 0.4) is 0 Å². The summed E-state index contributed by atoms with van der Waals surface area (Å²) in [5.74, 6) is 0.984. The molecule has 3 aromatic rings. The lowest BCUT2D eigenvalue weighted by atomic mass is 9.78. The van der Waals surface area contributed by atoms with Crippen LogP contribution in [0, 0.1) is 18.4 Å². The van der Waals surface area contributed by atoms with Gasteiger partial charge in [-0.1, -0.05) is 72.3 Å². The second-order valence-electron chi connectivity index (χ2n) is 11.4. The highest BCUT2D eigenvalue weighted by atomic mass is 16.5.